The number of thiophene rings is 1. The third-order valence-corrected chi connectivity index (χ3v) is 3.41. The van der Waals surface area contributed by atoms with E-state index in [1.54, 1.807) is 18.4 Å². The summed E-state index contributed by atoms with van der Waals surface area (Å²) >= 11 is 1.76. The lowest BCUT2D eigenvalue weighted by Crippen LogP contribution is -1.79. The van der Waals surface area contributed by atoms with E-state index in [1.807, 2.05) is 13.0 Å². The van der Waals surface area contributed by atoms with Crippen LogP contribution in [0.2, 0.25) is 0 Å². The van der Waals surface area contributed by atoms with Gasteiger partial charge in [-0.2, -0.15) is 0 Å². The number of ether oxygens (including phenoxy) is 1. The number of hydrogen-bond donors (Lipinski definition) is 0. The molecule has 1 heterocycles. The number of benzene rings is 1. The summed E-state index contributed by atoms with van der Waals surface area (Å²) < 4.78 is 6.43. The monoisotopic (exact) mass is 204 g/mol. The zero-order valence-electron chi connectivity index (χ0n) is 8.33. The first-order valence-electron chi connectivity index (χ1n) is 4.44. The zero-order valence-corrected chi connectivity index (χ0v) is 9.15. The maximum Gasteiger partial charge on any atom is 0.120 e. The molecule has 1 aromatic heterocycles. The van der Waals surface area contributed by atoms with Crippen LogP contribution < -0.4 is 4.74 Å². The summed E-state index contributed by atoms with van der Waals surface area (Å²) in [5.74, 6) is 0.910. The summed E-state index contributed by atoms with van der Waals surface area (Å²) in [4.78, 5) is 1.24. The van der Waals surface area contributed by atoms with Gasteiger partial charge in [0.25, 0.3) is 0 Å². The quantitative estimate of drug-likeness (QED) is 0.720. The van der Waals surface area contributed by atoms with E-state index in [2.05, 4.69) is 24.8 Å². The van der Waals surface area contributed by atoms with E-state index < -0.39 is 0 Å². The molecular formula is C12H12OS. The lowest BCUT2D eigenvalue weighted by molar-refractivity contribution is 0.415. The molecule has 0 fully saturated rings. The average molecular weight is 204 g/mol. The largest absolute Gasteiger partial charge is 0.497 e. The maximum absolute atomic E-state index is 5.18. The fourth-order valence-corrected chi connectivity index (χ4v) is 2.37. The van der Waals surface area contributed by atoms with Crippen LogP contribution in [0.25, 0.3) is 15.7 Å². The molecule has 0 spiro atoms. The van der Waals surface area contributed by atoms with E-state index >= 15 is 0 Å². The van der Waals surface area contributed by atoms with Gasteiger partial charge in [0.2, 0.25) is 0 Å². The molecule has 1 aromatic carbocycles. The molecule has 0 aliphatic heterocycles. The first-order valence-corrected chi connectivity index (χ1v) is 5.26. The molecule has 0 unspecified atom stereocenters. The van der Waals surface area contributed by atoms with Crippen LogP contribution in [0, 0.1) is 0 Å². The Morgan fingerprint density at radius 3 is 2.79 bits per heavy atom. The van der Waals surface area contributed by atoms with E-state index in [1.165, 1.54) is 15.0 Å². The van der Waals surface area contributed by atoms with Gasteiger partial charge < -0.3 is 4.74 Å². The maximum atomic E-state index is 5.18. The van der Waals surface area contributed by atoms with Crippen molar-refractivity contribution in [2.75, 3.05) is 7.11 Å². The van der Waals surface area contributed by atoms with Crippen molar-refractivity contribution in [3.05, 3.63) is 35.7 Å². The van der Waals surface area contributed by atoms with Gasteiger partial charge in [-0.1, -0.05) is 6.58 Å². The molecule has 2 rings (SSSR count). The van der Waals surface area contributed by atoms with Crippen molar-refractivity contribution < 1.29 is 4.74 Å². The Bertz CT molecular complexity index is 482. The normalized spacial score (nSPS) is 10.4. The number of rotatable bonds is 2. The van der Waals surface area contributed by atoms with Crippen LogP contribution >= 0.6 is 11.3 Å². The van der Waals surface area contributed by atoms with Gasteiger partial charge in [-0.05, 0) is 42.1 Å². The van der Waals surface area contributed by atoms with Crippen LogP contribution in [0.5, 0.6) is 5.75 Å². The smallest absolute Gasteiger partial charge is 0.120 e. The van der Waals surface area contributed by atoms with E-state index in [9.17, 15) is 0 Å². The van der Waals surface area contributed by atoms with E-state index in [0.717, 1.165) is 11.3 Å². The second-order valence-electron chi connectivity index (χ2n) is 3.29. The van der Waals surface area contributed by atoms with Crippen molar-refractivity contribution in [3.8, 4) is 5.75 Å². The Kier molecular flexibility index (Phi) is 2.30. The number of fused-ring (bicyclic) bond motifs is 1. The number of hydrogen-bond acceptors (Lipinski definition) is 2. The van der Waals surface area contributed by atoms with Crippen LogP contribution in [0.4, 0.5) is 0 Å². The predicted octanol–water partition coefficient (Wildman–Crippen LogP) is 3.94. The van der Waals surface area contributed by atoms with Crippen LogP contribution in [0.1, 0.15) is 11.8 Å². The summed E-state index contributed by atoms with van der Waals surface area (Å²) in [5.41, 5.74) is 1.12. The van der Waals surface area contributed by atoms with Gasteiger partial charge >= 0.3 is 0 Å². The van der Waals surface area contributed by atoms with Crippen LogP contribution in [0.3, 0.4) is 0 Å². The zero-order chi connectivity index (χ0) is 10.1. The predicted molar refractivity (Wildman–Crippen MR) is 63.1 cm³/mol. The molecule has 14 heavy (non-hydrogen) atoms. The molecule has 0 bridgehead atoms. The Morgan fingerprint density at radius 1 is 1.36 bits per heavy atom. The van der Waals surface area contributed by atoms with Crippen molar-refractivity contribution in [1.82, 2.24) is 0 Å². The standard InChI is InChI=1S/C12H12OS/c1-8(2)11-6-9-4-5-10(13-3)7-12(9)14-11/h4-7H,1H2,2-3H3. The van der Waals surface area contributed by atoms with Crippen molar-refractivity contribution in [1.29, 1.82) is 0 Å². The van der Waals surface area contributed by atoms with Crippen molar-refractivity contribution >= 4 is 27.0 Å². The summed E-state index contributed by atoms with van der Waals surface area (Å²) in [7, 11) is 1.69. The summed E-state index contributed by atoms with van der Waals surface area (Å²) in [6.45, 7) is 5.97. The van der Waals surface area contributed by atoms with Gasteiger partial charge in [-0.3, -0.25) is 0 Å². The first kappa shape index (κ1) is 9.28. The highest BCUT2D eigenvalue weighted by Crippen LogP contribution is 2.31. The summed E-state index contributed by atoms with van der Waals surface area (Å²) in [6, 6.07) is 8.29. The lowest BCUT2D eigenvalue weighted by atomic mass is 10.2. The molecule has 2 aromatic rings. The second-order valence-corrected chi connectivity index (χ2v) is 4.38. The molecule has 0 aliphatic rings. The van der Waals surface area contributed by atoms with Gasteiger partial charge in [0.1, 0.15) is 5.75 Å². The fraction of sp³-hybridized carbons (Fsp3) is 0.167. The Balaban J connectivity index is 2.60. The highest BCUT2D eigenvalue weighted by molar-refractivity contribution is 7.20. The van der Waals surface area contributed by atoms with Crippen LogP contribution in [0.15, 0.2) is 30.8 Å². The molecule has 1 nitrogen and oxygen atoms in total. The highest BCUT2D eigenvalue weighted by Gasteiger charge is 2.02. The van der Waals surface area contributed by atoms with E-state index in [-0.39, 0.29) is 0 Å². The molecule has 0 atom stereocenters. The Labute approximate surface area is 87.6 Å². The van der Waals surface area contributed by atoms with Crippen molar-refractivity contribution in [2.45, 2.75) is 6.92 Å². The van der Waals surface area contributed by atoms with Crippen molar-refractivity contribution in [2.24, 2.45) is 0 Å². The fourth-order valence-electron chi connectivity index (χ4n) is 1.35. The third-order valence-electron chi connectivity index (χ3n) is 2.15. The second kappa shape index (κ2) is 3.46. The summed E-state index contributed by atoms with van der Waals surface area (Å²) in [6.07, 6.45) is 0. The molecule has 0 saturated heterocycles. The molecule has 72 valence electrons. The highest BCUT2D eigenvalue weighted by atomic mass is 32.1. The molecule has 2 heteroatoms. The van der Waals surface area contributed by atoms with Gasteiger partial charge in [-0.25, -0.2) is 0 Å². The van der Waals surface area contributed by atoms with Gasteiger partial charge in [0, 0.05) is 9.58 Å². The number of methoxy groups -OCH3 is 1. The van der Waals surface area contributed by atoms with E-state index in [0.29, 0.717) is 0 Å². The van der Waals surface area contributed by atoms with Gasteiger partial charge in [0.15, 0.2) is 0 Å². The molecule has 0 saturated carbocycles. The van der Waals surface area contributed by atoms with Crippen LogP contribution in [-0.4, -0.2) is 7.11 Å². The molecule has 0 N–H and O–H groups in total. The SMILES string of the molecule is C=C(C)c1cc2ccc(OC)cc2s1. The number of allylic oxidation sites excluding steroid dienone is 1. The minimum atomic E-state index is 0.910. The Hall–Kier alpha value is -1.28. The third kappa shape index (κ3) is 1.53. The molecule has 0 aliphatic carbocycles. The molecular weight excluding hydrogens is 192 g/mol. The average Bonchev–Trinajstić information content (AvgIpc) is 2.59. The van der Waals surface area contributed by atoms with Crippen molar-refractivity contribution in [3.63, 3.8) is 0 Å². The van der Waals surface area contributed by atoms with Crippen LogP contribution in [-0.2, 0) is 0 Å². The molecule has 0 amide bonds. The first-order chi connectivity index (χ1) is 6.70. The Morgan fingerprint density at radius 2 is 2.14 bits per heavy atom. The van der Waals surface area contributed by atoms with Gasteiger partial charge in [0.05, 0.1) is 7.11 Å². The lowest BCUT2D eigenvalue weighted by Gasteiger charge is -1.97. The van der Waals surface area contributed by atoms with E-state index in [4.69, 9.17) is 4.74 Å². The minimum Gasteiger partial charge on any atom is -0.497 e. The summed E-state index contributed by atoms with van der Waals surface area (Å²) in [5, 5.41) is 1.26. The topological polar surface area (TPSA) is 9.23 Å². The molecule has 0 radical (unpaired) electrons. The van der Waals surface area contributed by atoms with Gasteiger partial charge in [-0.15, -0.1) is 11.3 Å². The minimum absolute atomic E-state index is 0.910.